The summed E-state index contributed by atoms with van der Waals surface area (Å²) in [5, 5.41) is 0. The Morgan fingerprint density at radius 2 is 2.21 bits per heavy atom. The summed E-state index contributed by atoms with van der Waals surface area (Å²) in [7, 11) is -3.46. The van der Waals surface area contributed by atoms with Crippen LogP contribution in [-0.2, 0) is 16.5 Å². The molecule has 78 valence electrons. The SMILES string of the molecule is CCCc1ncccc1OS(C)(=O)=O. The fraction of sp³-hybridized carbons (Fsp3) is 0.444. The molecule has 0 fully saturated rings. The lowest BCUT2D eigenvalue weighted by Gasteiger charge is -2.06. The number of pyridine rings is 1. The number of hydrogen-bond acceptors (Lipinski definition) is 4. The van der Waals surface area contributed by atoms with Crippen molar-refractivity contribution in [2.24, 2.45) is 0 Å². The molecule has 0 aliphatic heterocycles. The Balaban J connectivity index is 2.95. The highest BCUT2D eigenvalue weighted by atomic mass is 32.2. The zero-order valence-corrected chi connectivity index (χ0v) is 9.04. The lowest BCUT2D eigenvalue weighted by molar-refractivity contribution is 0.487. The first-order valence-electron chi connectivity index (χ1n) is 4.36. The number of aromatic nitrogens is 1. The van der Waals surface area contributed by atoms with E-state index in [2.05, 4.69) is 4.98 Å². The standard InChI is InChI=1S/C9H13NO3S/c1-3-5-8-9(6-4-7-10-8)13-14(2,11)12/h4,6-7H,3,5H2,1-2H3. The molecule has 5 heteroatoms. The summed E-state index contributed by atoms with van der Waals surface area (Å²) in [4.78, 5) is 4.06. The molecule has 0 aliphatic carbocycles. The lowest BCUT2D eigenvalue weighted by atomic mass is 10.2. The summed E-state index contributed by atoms with van der Waals surface area (Å²) >= 11 is 0. The Bertz CT molecular complexity index is 400. The first-order valence-corrected chi connectivity index (χ1v) is 6.18. The second kappa shape index (κ2) is 4.41. The van der Waals surface area contributed by atoms with Gasteiger partial charge in [0.15, 0.2) is 5.75 Å². The van der Waals surface area contributed by atoms with Gasteiger partial charge in [0.05, 0.1) is 11.9 Å². The highest BCUT2D eigenvalue weighted by molar-refractivity contribution is 7.86. The van der Waals surface area contributed by atoms with Gasteiger partial charge in [-0.15, -0.1) is 0 Å². The maximum Gasteiger partial charge on any atom is 0.306 e. The molecule has 14 heavy (non-hydrogen) atoms. The van der Waals surface area contributed by atoms with Crippen LogP contribution in [0.2, 0.25) is 0 Å². The molecule has 1 aromatic rings. The Kier molecular flexibility index (Phi) is 3.46. The Morgan fingerprint density at radius 1 is 1.50 bits per heavy atom. The van der Waals surface area contributed by atoms with Crippen molar-refractivity contribution >= 4 is 10.1 Å². The molecule has 0 saturated carbocycles. The van der Waals surface area contributed by atoms with Gasteiger partial charge in [0.25, 0.3) is 0 Å². The van der Waals surface area contributed by atoms with E-state index in [-0.39, 0.29) is 0 Å². The van der Waals surface area contributed by atoms with Gasteiger partial charge in [-0.1, -0.05) is 13.3 Å². The van der Waals surface area contributed by atoms with E-state index < -0.39 is 10.1 Å². The fourth-order valence-corrected chi connectivity index (χ4v) is 1.56. The highest BCUT2D eigenvalue weighted by Crippen LogP contribution is 2.18. The molecule has 1 rings (SSSR count). The molecule has 0 saturated heterocycles. The zero-order valence-electron chi connectivity index (χ0n) is 8.23. The lowest BCUT2D eigenvalue weighted by Crippen LogP contribution is -2.08. The van der Waals surface area contributed by atoms with Crippen LogP contribution in [0, 0.1) is 0 Å². The topological polar surface area (TPSA) is 56.3 Å². The Morgan fingerprint density at radius 3 is 2.79 bits per heavy atom. The second-order valence-corrected chi connectivity index (χ2v) is 4.56. The van der Waals surface area contributed by atoms with Crippen LogP contribution >= 0.6 is 0 Å². The molecule has 0 spiro atoms. The van der Waals surface area contributed by atoms with Gasteiger partial charge in [-0.2, -0.15) is 8.42 Å². The van der Waals surface area contributed by atoms with Crippen LogP contribution in [0.1, 0.15) is 19.0 Å². The van der Waals surface area contributed by atoms with E-state index in [1.807, 2.05) is 6.92 Å². The maximum absolute atomic E-state index is 10.9. The van der Waals surface area contributed by atoms with Crippen molar-refractivity contribution in [1.82, 2.24) is 4.98 Å². The van der Waals surface area contributed by atoms with Crippen molar-refractivity contribution < 1.29 is 12.6 Å². The van der Waals surface area contributed by atoms with Crippen molar-refractivity contribution in [3.63, 3.8) is 0 Å². The summed E-state index contributed by atoms with van der Waals surface area (Å²) in [6.07, 6.45) is 4.26. The Hall–Kier alpha value is -1.10. The van der Waals surface area contributed by atoms with Crippen LogP contribution in [0.15, 0.2) is 18.3 Å². The average molecular weight is 215 g/mol. The molecule has 0 bridgehead atoms. The van der Waals surface area contributed by atoms with E-state index >= 15 is 0 Å². The normalized spacial score (nSPS) is 11.3. The molecule has 0 N–H and O–H groups in total. The summed E-state index contributed by atoms with van der Waals surface area (Å²) in [6, 6.07) is 3.26. The molecular weight excluding hydrogens is 202 g/mol. The van der Waals surface area contributed by atoms with Gasteiger partial charge < -0.3 is 4.18 Å². The first kappa shape index (κ1) is 11.0. The third kappa shape index (κ3) is 3.33. The third-order valence-corrected chi connectivity index (χ3v) is 2.06. The molecule has 1 aromatic heterocycles. The van der Waals surface area contributed by atoms with Gasteiger partial charge in [-0.25, -0.2) is 0 Å². The minimum atomic E-state index is -3.46. The van der Waals surface area contributed by atoms with Crippen LogP contribution in [0.5, 0.6) is 5.75 Å². The monoisotopic (exact) mass is 215 g/mol. The van der Waals surface area contributed by atoms with Gasteiger partial charge in [0.2, 0.25) is 0 Å². The van der Waals surface area contributed by atoms with E-state index in [4.69, 9.17) is 4.18 Å². The number of hydrogen-bond donors (Lipinski definition) is 0. The van der Waals surface area contributed by atoms with Crippen LogP contribution in [0.3, 0.4) is 0 Å². The van der Waals surface area contributed by atoms with E-state index in [0.717, 1.165) is 12.7 Å². The fourth-order valence-electron chi connectivity index (χ4n) is 1.09. The molecule has 0 aliphatic rings. The van der Waals surface area contributed by atoms with E-state index in [0.29, 0.717) is 17.9 Å². The Labute approximate surface area is 84.1 Å². The van der Waals surface area contributed by atoms with E-state index in [1.165, 1.54) is 0 Å². The minimum Gasteiger partial charge on any atom is -0.381 e. The first-order chi connectivity index (χ1) is 6.53. The van der Waals surface area contributed by atoms with Crippen LogP contribution in [-0.4, -0.2) is 19.7 Å². The summed E-state index contributed by atoms with van der Waals surface area (Å²) in [5.74, 6) is 0.330. The number of rotatable bonds is 4. The molecule has 0 radical (unpaired) electrons. The predicted molar refractivity (Wildman–Crippen MR) is 53.7 cm³/mol. The molecule has 0 atom stereocenters. The second-order valence-electron chi connectivity index (χ2n) is 2.99. The third-order valence-electron chi connectivity index (χ3n) is 1.58. The van der Waals surface area contributed by atoms with Gasteiger partial charge in [-0.05, 0) is 18.6 Å². The summed E-state index contributed by atoms with van der Waals surface area (Å²) < 4.78 is 26.6. The van der Waals surface area contributed by atoms with E-state index in [9.17, 15) is 8.42 Å². The van der Waals surface area contributed by atoms with Crippen molar-refractivity contribution in [2.45, 2.75) is 19.8 Å². The quantitative estimate of drug-likeness (QED) is 0.712. The van der Waals surface area contributed by atoms with Crippen molar-refractivity contribution in [2.75, 3.05) is 6.26 Å². The largest absolute Gasteiger partial charge is 0.381 e. The summed E-state index contributed by atoms with van der Waals surface area (Å²) in [5.41, 5.74) is 0.681. The predicted octanol–water partition coefficient (Wildman–Crippen LogP) is 1.37. The van der Waals surface area contributed by atoms with Crippen molar-refractivity contribution in [3.8, 4) is 5.75 Å². The van der Waals surface area contributed by atoms with Gasteiger partial charge in [0.1, 0.15) is 0 Å². The van der Waals surface area contributed by atoms with E-state index in [1.54, 1.807) is 18.3 Å². The zero-order chi connectivity index (χ0) is 10.6. The average Bonchev–Trinajstić information content (AvgIpc) is 2.06. The molecule has 1 heterocycles. The highest BCUT2D eigenvalue weighted by Gasteiger charge is 2.09. The molecule has 4 nitrogen and oxygen atoms in total. The molecule has 0 unspecified atom stereocenters. The van der Waals surface area contributed by atoms with Gasteiger partial charge >= 0.3 is 10.1 Å². The molecule has 0 aromatic carbocycles. The molecule has 0 amide bonds. The van der Waals surface area contributed by atoms with Crippen LogP contribution in [0.25, 0.3) is 0 Å². The molecular formula is C9H13NO3S. The van der Waals surface area contributed by atoms with Crippen molar-refractivity contribution in [1.29, 1.82) is 0 Å². The minimum absolute atomic E-state index is 0.330. The van der Waals surface area contributed by atoms with Crippen molar-refractivity contribution in [3.05, 3.63) is 24.0 Å². The van der Waals surface area contributed by atoms with Crippen LogP contribution < -0.4 is 4.18 Å². The smallest absolute Gasteiger partial charge is 0.306 e. The van der Waals surface area contributed by atoms with Gasteiger partial charge in [-0.3, -0.25) is 4.98 Å². The van der Waals surface area contributed by atoms with Gasteiger partial charge in [0, 0.05) is 6.20 Å². The summed E-state index contributed by atoms with van der Waals surface area (Å²) in [6.45, 7) is 2.00. The van der Waals surface area contributed by atoms with Crippen LogP contribution in [0.4, 0.5) is 0 Å². The number of nitrogens with zero attached hydrogens (tertiary/aromatic N) is 1. The number of aryl methyl sites for hydroxylation is 1. The maximum atomic E-state index is 10.9.